The topological polar surface area (TPSA) is 156 Å². The van der Waals surface area contributed by atoms with Gasteiger partial charge in [0.1, 0.15) is 11.7 Å². The second-order valence-corrected chi connectivity index (χ2v) is 6.86. The number of hydrogen-bond acceptors (Lipinski definition) is 4. The van der Waals surface area contributed by atoms with E-state index < -0.39 is 30.0 Å². The van der Waals surface area contributed by atoms with Crippen LogP contribution in [-0.2, 0) is 20.8 Å². The second kappa shape index (κ2) is 8.61. The van der Waals surface area contributed by atoms with E-state index in [1.165, 1.54) is 6.08 Å². The van der Waals surface area contributed by atoms with Gasteiger partial charge in [-0.25, -0.2) is 14.4 Å². The Bertz CT molecular complexity index is 1010. The largest absolute Gasteiger partial charge is 0.480 e. The molecule has 0 fully saturated rings. The first-order valence-electron chi connectivity index (χ1n) is 9.09. The number of carboxylic acids is 3. The predicted molar refractivity (Wildman–Crippen MR) is 103 cm³/mol. The number of aliphatic carboxylic acids is 3. The summed E-state index contributed by atoms with van der Waals surface area (Å²) in [4.78, 5) is 37.2. The highest BCUT2D eigenvalue weighted by Crippen LogP contribution is 2.19. The molecule has 0 saturated carbocycles. The first-order chi connectivity index (χ1) is 13.8. The van der Waals surface area contributed by atoms with Gasteiger partial charge in [0, 0.05) is 29.9 Å². The number of aromatic amines is 1. The maximum Gasteiger partial charge on any atom is 0.362 e. The molecule has 7 N–H and O–H groups in total. The number of allylic oxidation sites excluding steroid dienone is 1. The van der Waals surface area contributed by atoms with Crippen molar-refractivity contribution in [3.05, 3.63) is 59.4 Å². The lowest BCUT2D eigenvalue weighted by Crippen LogP contribution is -2.92. The Morgan fingerprint density at radius 2 is 1.97 bits per heavy atom. The number of quaternary nitrogens is 1. The zero-order valence-corrected chi connectivity index (χ0v) is 15.5. The van der Waals surface area contributed by atoms with Gasteiger partial charge in [-0.1, -0.05) is 18.2 Å². The molecule has 0 amide bonds. The van der Waals surface area contributed by atoms with Crippen molar-refractivity contribution in [2.45, 2.75) is 24.9 Å². The van der Waals surface area contributed by atoms with Gasteiger partial charge in [0.05, 0.1) is 6.54 Å². The van der Waals surface area contributed by atoms with E-state index in [1.807, 2.05) is 24.3 Å². The van der Waals surface area contributed by atoms with Crippen LogP contribution in [0.3, 0.4) is 0 Å². The summed E-state index contributed by atoms with van der Waals surface area (Å²) in [7, 11) is 0. The van der Waals surface area contributed by atoms with E-state index in [0.717, 1.165) is 16.5 Å². The summed E-state index contributed by atoms with van der Waals surface area (Å²) in [6, 6.07) is 5.89. The Morgan fingerprint density at radius 3 is 2.66 bits per heavy atom. The van der Waals surface area contributed by atoms with Gasteiger partial charge in [-0.3, -0.25) is 0 Å². The molecule has 9 nitrogen and oxygen atoms in total. The molecule has 0 spiro atoms. The van der Waals surface area contributed by atoms with Crippen LogP contribution < -0.4 is 10.6 Å². The van der Waals surface area contributed by atoms with Crippen LogP contribution in [0.15, 0.2) is 53.9 Å². The Hall–Kier alpha value is -3.59. The fourth-order valence-corrected chi connectivity index (χ4v) is 3.37. The molecule has 1 aliphatic rings. The van der Waals surface area contributed by atoms with Gasteiger partial charge in [-0.05, 0) is 29.4 Å². The van der Waals surface area contributed by atoms with Gasteiger partial charge >= 0.3 is 17.9 Å². The number of carbonyl (C=O) groups is 3. The summed E-state index contributed by atoms with van der Waals surface area (Å²) in [6.07, 6.45) is 5.30. The fourth-order valence-electron chi connectivity index (χ4n) is 3.37. The Balaban J connectivity index is 1.70. The monoisotopic (exact) mass is 400 g/mol. The predicted octanol–water partition coefficient (Wildman–Crippen LogP) is 0.0684. The molecule has 9 heteroatoms. The first-order valence-corrected chi connectivity index (χ1v) is 9.09. The minimum Gasteiger partial charge on any atom is -0.480 e. The lowest BCUT2D eigenvalue weighted by Gasteiger charge is -2.22. The van der Waals surface area contributed by atoms with Gasteiger partial charge in [0.15, 0.2) is 6.04 Å². The normalized spacial score (nSPS) is 18.8. The fraction of sp³-hybridized carbons (Fsp3) is 0.250. The molecule has 0 aliphatic carbocycles. The second-order valence-electron chi connectivity index (χ2n) is 6.86. The highest BCUT2D eigenvalue weighted by atomic mass is 16.4. The maximum absolute atomic E-state index is 11.7. The highest BCUT2D eigenvalue weighted by molar-refractivity contribution is 5.89. The molecule has 1 aromatic heterocycles. The molecule has 2 aromatic rings. The van der Waals surface area contributed by atoms with Crippen LogP contribution in [0.1, 0.15) is 12.0 Å². The number of nitrogens with one attached hydrogen (secondary N) is 2. The zero-order chi connectivity index (χ0) is 21.0. The third-order valence-corrected chi connectivity index (χ3v) is 4.86. The summed E-state index contributed by atoms with van der Waals surface area (Å²) < 4.78 is 0. The molecule has 0 radical (unpaired) electrons. The van der Waals surface area contributed by atoms with Crippen molar-refractivity contribution in [2.24, 2.45) is 0 Å². The average Bonchev–Trinajstić information content (AvgIpc) is 3.09. The Morgan fingerprint density at radius 1 is 1.21 bits per heavy atom. The van der Waals surface area contributed by atoms with Gasteiger partial charge in [-0.15, -0.1) is 0 Å². The van der Waals surface area contributed by atoms with E-state index in [0.29, 0.717) is 12.0 Å². The molecule has 152 valence electrons. The zero-order valence-electron chi connectivity index (χ0n) is 15.5. The van der Waals surface area contributed by atoms with Crippen LogP contribution in [-0.4, -0.2) is 56.8 Å². The summed E-state index contributed by atoms with van der Waals surface area (Å²) in [5.74, 6) is -3.34. The summed E-state index contributed by atoms with van der Waals surface area (Å²) >= 11 is 0. The lowest BCUT2D eigenvalue weighted by molar-refractivity contribution is -0.669. The van der Waals surface area contributed by atoms with Gasteiger partial charge in [0.2, 0.25) is 0 Å². The van der Waals surface area contributed by atoms with Crippen molar-refractivity contribution < 1.29 is 35.0 Å². The summed E-state index contributed by atoms with van der Waals surface area (Å²) in [5, 5.41) is 33.0. The average molecular weight is 400 g/mol. The molecule has 2 atom stereocenters. The Labute approximate surface area is 165 Å². The molecular formula is C20H22N3O6+. The number of hydrogen-bond donors (Lipinski definition) is 6. The van der Waals surface area contributed by atoms with Crippen LogP contribution >= 0.6 is 0 Å². The molecule has 2 heterocycles. The number of carboxylic acid groups (broad SMARTS) is 3. The lowest BCUT2D eigenvalue weighted by atomic mass is 9.99. The molecule has 0 saturated heterocycles. The Kier molecular flexibility index (Phi) is 5.99. The molecule has 1 aromatic carbocycles. The van der Waals surface area contributed by atoms with Crippen molar-refractivity contribution in [3.8, 4) is 0 Å². The van der Waals surface area contributed by atoms with Gasteiger partial charge < -0.3 is 30.9 Å². The standard InChI is InChI=1S/C20H21N3O6/c24-18(25)15(9-12-10-22-14-4-2-1-3-13(12)14)21-6-5-11-7-16(19(26)27)23-17(8-11)20(28)29/h1-5,7,10,15,17,21-23H,6,8-9H2,(H,24,25)(H,26,27)(H,28,29)/p+1/b11-5-/t15-,17+/m1/s1. The van der Waals surface area contributed by atoms with Crippen LogP contribution in [0.5, 0.6) is 0 Å². The van der Waals surface area contributed by atoms with Crippen molar-refractivity contribution in [2.75, 3.05) is 6.54 Å². The molecule has 1 aliphatic heterocycles. The number of para-hydroxylation sites is 1. The van der Waals surface area contributed by atoms with Crippen molar-refractivity contribution >= 4 is 28.8 Å². The van der Waals surface area contributed by atoms with E-state index in [4.69, 9.17) is 5.11 Å². The van der Waals surface area contributed by atoms with Crippen molar-refractivity contribution in [1.29, 1.82) is 0 Å². The van der Waals surface area contributed by atoms with E-state index in [9.17, 15) is 24.6 Å². The highest BCUT2D eigenvalue weighted by Gasteiger charge is 2.27. The van der Waals surface area contributed by atoms with E-state index in [-0.39, 0.29) is 18.7 Å². The van der Waals surface area contributed by atoms with Gasteiger partial charge in [0.25, 0.3) is 0 Å². The first kappa shape index (κ1) is 20.2. The van der Waals surface area contributed by atoms with Crippen molar-refractivity contribution in [1.82, 2.24) is 10.3 Å². The number of H-pyrrole nitrogens is 1. The quantitative estimate of drug-likeness (QED) is 0.366. The third-order valence-electron chi connectivity index (χ3n) is 4.86. The van der Waals surface area contributed by atoms with Crippen LogP contribution in [0, 0.1) is 0 Å². The molecular weight excluding hydrogens is 378 g/mol. The third kappa shape index (κ3) is 4.82. The van der Waals surface area contributed by atoms with Crippen LogP contribution in [0.25, 0.3) is 10.9 Å². The number of nitrogens with two attached hydrogens (primary N) is 1. The van der Waals surface area contributed by atoms with Crippen molar-refractivity contribution in [3.63, 3.8) is 0 Å². The number of rotatable bonds is 8. The SMILES string of the molecule is O=C(O)C1=C/C(=C/C[NH2+][C@H](Cc2c[nH]c3ccccc23)C(=O)O)C[C@@H](C(=O)O)N1. The molecule has 3 rings (SSSR count). The van der Waals surface area contributed by atoms with E-state index in [1.54, 1.807) is 17.6 Å². The number of aromatic nitrogens is 1. The van der Waals surface area contributed by atoms with E-state index >= 15 is 0 Å². The molecule has 0 bridgehead atoms. The number of benzene rings is 1. The summed E-state index contributed by atoms with van der Waals surface area (Å²) in [5.41, 5.74) is 2.19. The van der Waals surface area contributed by atoms with Crippen LogP contribution in [0.4, 0.5) is 0 Å². The smallest absolute Gasteiger partial charge is 0.362 e. The van der Waals surface area contributed by atoms with Gasteiger partial charge in [-0.2, -0.15) is 0 Å². The molecule has 29 heavy (non-hydrogen) atoms. The summed E-state index contributed by atoms with van der Waals surface area (Å²) in [6.45, 7) is 0.282. The van der Waals surface area contributed by atoms with Crippen LogP contribution in [0.2, 0.25) is 0 Å². The molecule has 0 unspecified atom stereocenters. The minimum atomic E-state index is -1.24. The maximum atomic E-state index is 11.7. The minimum absolute atomic E-state index is 0.125. The number of fused-ring (bicyclic) bond motifs is 1. The van der Waals surface area contributed by atoms with E-state index in [2.05, 4.69) is 10.3 Å².